The number of hydrazine groups is 1. The van der Waals surface area contributed by atoms with Gasteiger partial charge in [0.1, 0.15) is 0 Å². The van der Waals surface area contributed by atoms with Gasteiger partial charge in [-0.1, -0.05) is 26.2 Å². The first-order valence-corrected chi connectivity index (χ1v) is 7.62. The van der Waals surface area contributed by atoms with Crippen LogP contribution in [-0.4, -0.2) is 60.4 Å². The van der Waals surface area contributed by atoms with Gasteiger partial charge in [-0.25, -0.2) is 10.0 Å². The molecule has 4 nitrogen and oxygen atoms in total. The number of hydrogen-bond donors (Lipinski definition) is 1. The minimum Gasteiger partial charge on any atom is -0.324 e. The molecule has 2 fully saturated rings. The highest BCUT2D eigenvalue weighted by Gasteiger charge is 2.45. The largest absolute Gasteiger partial charge is 0.324 e. The highest BCUT2D eigenvalue weighted by molar-refractivity contribution is 4.97. The van der Waals surface area contributed by atoms with E-state index in [9.17, 15) is 0 Å². The van der Waals surface area contributed by atoms with Crippen molar-refractivity contribution in [3.8, 4) is 0 Å². The lowest BCUT2D eigenvalue weighted by molar-refractivity contribution is -0.0538. The normalized spacial score (nSPS) is 34.2. The SMILES string of the molecule is CCCCCN(C)C1C(N)C2CCCCN2N1C. The van der Waals surface area contributed by atoms with Crippen molar-refractivity contribution in [2.45, 2.75) is 63.7 Å². The van der Waals surface area contributed by atoms with Crippen molar-refractivity contribution in [3.05, 3.63) is 0 Å². The van der Waals surface area contributed by atoms with E-state index in [0.717, 1.165) is 6.54 Å². The second-order valence-corrected chi connectivity index (χ2v) is 5.98. The van der Waals surface area contributed by atoms with E-state index < -0.39 is 0 Å². The van der Waals surface area contributed by atoms with Crippen LogP contribution in [0.15, 0.2) is 0 Å². The number of likely N-dealkylation sites (N-methyl/N-ethyl adjacent to an activating group) is 2. The van der Waals surface area contributed by atoms with Crippen LogP contribution in [0.1, 0.15) is 45.4 Å². The third kappa shape index (κ3) is 2.72. The predicted octanol–water partition coefficient (Wildman–Crippen LogP) is 1.48. The molecule has 2 aliphatic rings. The second kappa shape index (κ2) is 6.33. The molecule has 0 aromatic carbocycles. The van der Waals surface area contributed by atoms with Gasteiger partial charge in [0.15, 0.2) is 0 Å². The van der Waals surface area contributed by atoms with Crippen LogP contribution in [0.2, 0.25) is 0 Å². The maximum absolute atomic E-state index is 6.50. The third-order valence-electron chi connectivity index (χ3n) is 4.66. The van der Waals surface area contributed by atoms with Crippen LogP contribution < -0.4 is 5.73 Å². The molecule has 0 bridgehead atoms. The number of piperidine rings is 1. The summed E-state index contributed by atoms with van der Waals surface area (Å²) in [6.07, 6.45) is 8.22. The fourth-order valence-electron chi connectivity index (χ4n) is 3.65. The molecule has 2 saturated heterocycles. The minimum atomic E-state index is 0.280. The summed E-state index contributed by atoms with van der Waals surface area (Å²) in [7, 11) is 4.45. The Morgan fingerprint density at radius 2 is 2.06 bits per heavy atom. The Morgan fingerprint density at radius 1 is 1.28 bits per heavy atom. The molecular weight excluding hydrogens is 224 g/mol. The fourth-order valence-corrected chi connectivity index (χ4v) is 3.65. The van der Waals surface area contributed by atoms with E-state index in [1.165, 1.54) is 45.1 Å². The van der Waals surface area contributed by atoms with Crippen molar-refractivity contribution in [1.29, 1.82) is 0 Å². The summed E-state index contributed by atoms with van der Waals surface area (Å²) < 4.78 is 0. The molecule has 106 valence electrons. The Balaban J connectivity index is 1.94. The van der Waals surface area contributed by atoms with E-state index in [4.69, 9.17) is 5.73 Å². The first-order valence-electron chi connectivity index (χ1n) is 7.62. The van der Waals surface area contributed by atoms with Gasteiger partial charge in [0, 0.05) is 19.6 Å². The summed E-state index contributed by atoms with van der Waals surface area (Å²) in [5.41, 5.74) is 6.50. The van der Waals surface area contributed by atoms with E-state index in [1.807, 2.05) is 0 Å². The molecule has 0 amide bonds. The van der Waals surface area contributed by atoms with Crippen molar-refractivity contribution < 1.29 is 0 Å². The monoisotopic (exact) mass is 254 g/mol. The topological polar surface area (TPSA) is 35.7 Å². The highest BCUT2D eigenvalue weighted by atomic mass is 15.7. The standard InChI is InChI=1S/C14H30N4/c1-4-5-7-10-16(2)14-13(15)12-9-6-8-11-18(12)17(14)3/h12-14H,4-11,15H2,1-3H3. The molecule has 0 aliphatic carbocycles. The van der Waals surface area contributed by atoms with Gasteiger partial charge in [0.25, 0.3) is 0 Å². The van der Waals surface area contributed by atoms with Gasteiger partial charge in [0.05, 0.1) is 12.2 Å². The van der Waals surface area contributed by atoms with E-state index in [2.05, 4.69) is 35.9 Å². The highest BCUT2D eigenvalue weighted by Crippen LogP contribution is 2.31. The molecule has 0 radical (unpaired) electrons. The zero-order chi connectivity index (χ0) is 13.1. The molecule has 3 unspecified atom stereocenters. The minimum absolute atomic E-state index is 0.280. The average Bonchev–Trinajstić information content (AvgIpc) is 2.63. The molecule has 0 aromatic rings. The number of rotatable bonds is 5. The van der Waals surface area contributed by atoms with E-state index in [1.54, 1.807) is 0 Å². The first kappa shape index (κ1) is 14.3. The van der Waals surface area contributed by atoms with Crippen LogP contribution >= 0.6 is 0 Å². The van der Waals surface area contributed by atoms with Gasteiger partial charge < -0.3 is 5.73 Å². The molecule has 0 aromatic heterocycles. The number of fused-ring (bicyclic) bond motifs is 1. The number of hydrogen-bond acceptors (Lipinski definition) is 4. The lowest BCUT2D eigenvalue weighted by atomic mass is 9.98. The maximum atomic E-state index is 6.50. The molecule has 0 saturated carbocycles. The van der Waals surface area contributed by atoms with Crippen LogP contribution in [0.25, 0.3) is 0 Å². The Labute approximate surface area is 112 Å². The summed E-state index contributed by atoms with van der Waals surface area (Å²) in [5, 5.41) is 4.91. The zero-order valence-electron chi connectivity index (χ0n) is 12.3. The molecule has 18 heavy (non-hydrogen) atoms. The molecule has 4 heteroatoms. The summed E-state index contributed by atoms with van der Waals surface area (Å²) in [5.74, 6) is 0. The van der Waals surface area contributed by atoms with Crippen molar-refractivity contribution in [1.82, 2.24) is 14.9 Å². The van der Waals surface area contributed by atoms with Gasteiger partial charge in [-0.05, 0) is 32.9 Å². The molecule has 2 rings (SSSR count). The molecule has 3 atom stereocenters. The summed E-state index contributed by atoms with van der Waals surface area (Å²) >= 11 is 0. The first-order chi connectivity index (χ1) is 8.66. The van der Waals surface area contributed by atoms with Gasteiger partial charge in [0.2, 0.25) is 0 Å². The van der Waals surface area contributed by atoms with E-state index >= 15 is 0 Å². The Bertz CT molecular complexity index is 240. The quantitative estimate of drug-likeness (QED) is 0.754. The Hall–Kier alpha value is -0.160. The van der Waals surface area contributed by atoms with Crippen LogP contribution in [0.4, 0.5) is 0 Å². The van der Waals surface area contributed by atoms with Crippen molar-refractivity contribution >= 4 is 0 Å². The summed E-state index contributed by atoms with van der Waals surface area (Å²) in [4.78, 5) is 2.46. The Kier molecular flexibility index (Phi) is 5.01. The Morgan fingerprint density at radius 3 is 2.72 bits per heavy atom. The van der Waals surface area contributed by atoms with Crippen LogP contribution in [0.3, 0.4) is 0 Å². The lowest BCUT2D eigenvalue weighted by Crippen LogP contribution is -2.51. The van der Waals surface area contributed by atoms with E-state index in [0.29, 0.717) is 12.2 Å². The van der Waals surface area contributed by atoms with Gasteiger partial charge in [-0.15, -0.1) is 0 Å². The molecule has 2 N–H and O–H groups in total. The summed E-state index contributed by atoms with van der Waals surface area (Å²) in [6.45, 7) is 4.61. The van der Waals surface area contributed by atoms with Crippen molar-refractivity contribution in [2.24, 2.45) is 5.73 Å². The number of nitrogens with zero attached hydrogens (tertiary/aromatic N) is 3. The summed E-state index contributed by atoms with van der Waals surface area (Å²) in [6, 6.07) is 0.851. The van der Waals surface area contributed by atoms with E-state index in [-0.39, 0.29) is 6.04 Å². The molecular formula is C14H30N4. The predicted molar refractivity (Wildman–Crippen MR) is 76.0 cm³/mol. The fraction of sp³-hybridized carbons (Fsp3) is 1.00. The smallest absolute Gasteiger partial charge is 0.0923 e. The molecule has 0 spiro atoms. The van der Waals surface area contributed by atoms with Gasteiger partial charge >= 0.3 is 0 Å². The number of nitrogens with two attached hydrogens (primary N) is 1. The van der Waals surface area contributed by atoms with Crippen LogP contribution in [-0.2, 0) is 0 Å². The number of unbranched alkanes of at least 4 members (excludes halogenated alkanes) is 2. The molecule has 2 aliphatic heterocycles. The molecule has 2 heterocycles. The second-order valence-electron chi connectivity index (χ2n) is 5.98. The van der Waals surface area contributed by atoms with Crippen LogP contribution in [0.5, 0.6) is 0 Å². The van der Waals surface area contributed by atoms with Crippen molar-refractivity contribution in [2.75, 3.05) is 27.2 Å². The van der Waals surface area contributed by atoms with Crippen molar-refractivity contribution in [3.63, 3.8) is 0 Å². The lowest BCUT2D eigenvalue weighted by Gasteiger charge is -2.36. The van der Waals surface area contributed by atoms with Gasteiger partial charge in [-0.2, -0.15) is 0 Å². The van der Waals surface area contributed by atoms with Crippen LogP contribution in [0, 0.1) is 0 Å². The zero-order valence-corrected chi connectivity index (χ0v) is 12.3. The average molecular weight is 254 g/mol. The third-order valence-corrected chi connectivity index (χ3v) is 4.66. The van der Waals surface area contributed by atoms with Gasteiger partial charge in [-0.3, -0.25) is 4.90 Å². The maximum Gasteiger partial charge on any atom is 0.0923 e.